The van der Waals surface area contributed by atoms with Crippen LogP contribution in [0.2, 0.25) is 0 Å². The average molecular weight is 396 g/mol. The molecule has 1 aliphatic heterocycles. The molecule has 1 aromatic heterocycles. The number of thioether (sulfide) groups is 1. The fourth-order valence-corrected chi connectivity index (χ4v) is 3.52. The summed E-state index contributed by atoms with van der Waals surface area (Å²) in [4.78, 5) is 12.4. The van der Waals surface area contributed by atoms with E-state index in [0.717, 1.165) is 12.0 Å². The Labute approximate surface area is 167 Å². The highest BCUT2D eigenvalue weighted by molar-refractivity contribution is 7.99. The van der Waals surface area contributed by atoms with Crippen molar-refractivity contribution in [3.63, 3.8) is 0 Å². The van der Waals surface area contributed by atoms with Crippen LogP contribution in [-0.2, 0) is 0 Å². The molecule has 1 atom stereocenters. The topological polar surface area (TPSA) is 74.5 Å². The number of ketones is 1. The minimum absolute atomic E-state index is 0.0310. The van der Waals surface area contributed by atoms with Gasteiger partial charge in [-0.2, -0.15) is 0 Å². The number of ether oxygens (including phenoxy) is 2. The summed E-state index contributed by atoms with van der Waals surface area (Å²) in [6, 6.07) is 13.3. The number of benzene rings is 2. The van der Waals surface area contributed by atoms with Crippen molar-refractivity contribution < 1.29 is 18.7 Å². The van der Waals surface area contributed by atoms with Gasteiger partial charge in [-0.3, -0.25) is 4.79 Å². The van der Waals surface area contributed by atoms with Crippen molar-refractivity contribution in [2.75, 3.05) is 12.5 Å². The van der Waals surface area contributed by atoms with Crippen LogP contribution in [0.1, 0.15) is 42.1 Å². The number of carbonyl (C=O) groups is 1. The number of carbonyl (C=O) groups excluding carboxylic acids is 1. The van der Waals surface area contributed by atoms with Crippen LogP contribution in [0.25, 0.3) is 11.5 Å². The molecule has 0 fully saturated rings. The molecular weight excluding hydrogens is 376 g/mol. The van der Waals surface area contributed by atoms with Gasteiger partial charge in [-0.05, 0) is 36.1 Å². The minimum atomic E-state index is 0.0310. The zero-order chi connectivity index (χ0) is 19.5. The van der Waals surface area contributed by atoms with Crippen molar-refractivity contribution in [1.29, 1.82) is 0 Å². The van der Waals surface area contributed by atoms with E-state index in [2.05, 4.69) is 24.0 Å². The van der Waals surface area contributed by atoms with Gasteiger partial charge in [0.2, 0.25) is 12.7 Å². The first-order valence-electron chi connectivity index (χ1n) is 9.13. The maximum Gasteiger partial charge on any atom is 0.277 e. The van der Waals surface area contributed by atoms with Crippen LogP contribution in [0.5, 0.6) is 11.5 Å². The Morgan fingerprint density at radius 2 is 1.89 bits per heavy atom. The molecule has 7 heteroatoms. The third-order valence-corrected chi connectivity index (χ3v) is 5.59. The largest absolute Gasteiger partial charge is 0.454 e. The van der Waals surface area contributed by atoms with Crippen LogP contribution in [-0.4, -0.2) is 28.5 Å². The first kappa shape index (κ1) is 18.6. The Morgan fingerprint density at radius 3 is 2.68 bits per heavy atom. The number of Topliss-reactive ketones (excluding diaryl/α,β-unsaturated/α-hetero) is 1. The molecule has 0 bridgehead atoms. The summed E-state index contributed by atoms with van der Waals surface area (Å²) >= 11 is 1.23. The first-order valence-corrected chi connectivity index (χ1v) is 10.1. The molecule has 3 aromatic rings. The average Bonchev–Trinajstić information content (AvgIpc) is 3.40. The lowest BCUT2D eigenvalue weighted by Crippen LogP contribution is -2.03. The van der Waals surface area contributed by atoms with Gasteiger partial charge >= 0.3 is 0 Å². The summed E-state index contributed by atoms with van der Waals surface area (Å²) in [7, 11) is 0. The normalized spacial score (nSPS) is 13.5. The van der Waals surface area contributed by atoms with Crippen molar-refractivity contribution >= 4 is 17.5 Å². The summed E-state index contributed by atoms with van der Waals surface area (Å²) in [6.45, 7) is 4.55. The van der Waals surface area contributed by atoms with Gasteiger partial charge in [0.05, 0.1) is 5.75 Å². The van der Waals surface area contributed by atoms with E-state index in [4.69, 9.17) is 13.9 Å². The first-order chi connectivity index (χ1) is 13.6. The lowest BCUT2D eigenvalue weighted by molar-refractivity contribution is 0.102. The van der Waals surface area contributed by atoms with E-state index in [-0.39, 0.29) is 18.3 Å². The standard InChI is InChI=1S/C21H20N2O4S/c1-3-13(2)14-4-6-15(7-5-14)17(24)11-28-21-23-22-20(27-21)16-8-9-18-19(10-16)26-12-25-18/h4-10,13H,3,11-12H2,1-2H3/t13-/m1/s1. The molecule has 0 spiro atoms. The van der Waals surface area contributed by atoms with Crippen LogP contribution >= 0.6 is 11.8 Å². The van der Waals surface area contributed by atoms with Gasteiger partial charge in [-0.25, -0.2) is 0 Å². The van der Waals surface area contributed by atoms with E-state index in [1.807, 2.05) is 30.3 Å². The van der Waals surface area contributed by atoms with Crippen molar-refractivity contribution in [2.24, 2.45) is 0 Å². The van der Waals surface area contributed by atoms with Gasteiger partial charge in [-0.15, -0.1) is 10.2 Å². The van der Waals surface area contributed by atoms with Gasteiger partial charge in [0.25, 0.3) is 5.22 Å². The Bertz CT molecular complexity index is 984. The van der Waals surface area contributed by atoms with Crippen LogP contribution in [0.15, 0.2) is 52.1 Å². The molecule has 0 saturated heterocycles. The highest BCUT2D eigenvalue weighted by Gasteiger charge is 2.17. The molecule has 28 heavy (non-hydrogen) atoms. The molecule has 2 heterocycles. The molecule has 0 N–H and O–H groups in total. The quantitative estimate of drug-likeness (QED) is 0.413. The fraction of sp³-hybridized carbons (Fsp3) is 0.286. The van der Waals surface area contributed by atoms with Gasteiger partial charge < -0.3 is 13.9 Å². The van der Waals surface area contributed by atoms with Gasteiger partial charge in [-0.1, -0.05) is 49.9 Å². The van der Waals surface area contributed by atoms with Crippen LogP contribution in [0.3, 0.4) is 0 Å². The zero-order valence-corrected chi connectivity index (χ0v) is 16.5. The lowest BCUT2D eigenvalue weighted by atomic mass is 9.97. The number of nitrogens with zero attached hydrogens (tertiary/aromatic N) is 2. The monoisotopic (exact) mass is 396 g/mol. The predicted octanol–water partition coefficient (Wildman–Crippen LogP) is 4.95. The van der Waals surface area contributed by atoms with Gasteiger partial charge in [0.15, 0.2) is 17.3 Å². The second-order valence-corrected chi connectivity index (χ2v) is 7.51. The Balaban J connectivity index is 1.38. The SMILES string of the molecule is CC[C@@H](C)c1ccc(C(=O)CSc2nnc(-c3ccc4c(c3)OCO4)o2)cc1. The Morgan fingerprint density at radius 1 is 1.11 bits per heavy atom. The smallest absolute Gasteiger partial charge is 0.277 e. The summed E-state index contributed by atoms with van der Waals surface area (Å²) in [5.41, 5.74) is 2.68. The molecule has 2 aromatic carbocycles. The van der Waals surface area contributed by atoms with Crippen LogP contribution in [0, 0.1) is 0 Å². The van der Waals surface area contributed by atoms with Crippen molar-refractivity contribution in [3.8, 4) is 23.0 Å². The highest BCUT2D eigenvalue weighted by atomic mass is 32.2. The number of hydrogen-bond acceptors (Lipinski definition) is 7. The van der Waals surface area contributed by atoms with Crippen LogP contribution < -0.4 is 9.47 Å². The summed E-state index contributed by atoms with van der Waals surface area (Å²) < 4.78 is 16.3. The molecule has 0 amide bonds. The van der Waals surface area contributed by atoms with Gasteiger partial charge in [0, 0.05) is 11.1 Å². The molecular formula is C21H20N2O4S. The van der Waals surface area contributed by atoms with Crippen LogP contribution in [0.4, 0.5) is 0 Å². The van der Waals surface area contributed by atoms with Gasteiger partial charge in [0.1, 0.15) is 0 Å². The molecule has 4 rings (SSSR count). The maximum absolute atomic E-state index is 12.4. The third kappa shape index (κ3) is 3.89. The summed E-state index contributed by atoms with van der Waals surface area (Å²) in [5, 5.41) is 8.44. The molecule has 144 valence electrons. The second-order valence-electron chi connectivity index (χ2n) is 6.58. The highest BCUT2D eigenvalue weighted by Crippen LogP contribution is 2.36. The van der Waals surface area contributed by atoms with E-state index >= 15 is 0 Å². The maximum atomic E-state index is 12.4. The number of fused-ring (bicyclic) bond motifs is 1. The predicted molar refractivity (Wildman–Crippen MR) is 106 cm³/mol. The van der Waals surface area contributed by atoms with E-state index in [0.29, 0.717) is 34.1 Å². The number of hydrogen-bond donors (Lipinski definition) is 0. The zero-order valence-electron chi connectivity index (χ0n) is 15.7. The number of aromatic nitrogens is 2. The van der Waals surface area contributed by atoms with Crippen molar-refractivity contribution in [2.45, 2.75) is 31.4 Å². The van der Waals surface area contributed by atoms with E-state index in [1.165, 1.54) is 17.3 Å². The number of rotatable bonds is 7. The molecule has 6 nitrogen and oxygen atoms in total. The van der Waals surface area contributed by atoms with E-state index < -0.39 is 0 Å². The molecule has 1 aliphatic rings. The van der Waals surface area contributed by atoms with E-state index in [9.17, 15) is 4.79 Å². The van der Waals surface area contributed by atoms with Crippen molar-refractivity contribution in [1.82, 2.24) is 10.2 Å². The molecule has 0 aliphatic carbocycles. The molecule has 0 unspecified atom stereocenters. The molecule has 0 saturated carbocycles. The minimum Gasteiger partial charge on any atom is -0.454 e. The summed E-state index contributed by atoms with van der Waals surface area (Å²) in [6.07, 6.45) is 1.08. The van der Waals surface area contributed by atoms with Crippen molar-refractivity contribution in [3.05, 3.63) is 53.6 Å². The Kier molecular flexibility index (Phi) is 5.34. The second kappa shape index (κ2) is 8.06. The third-order valence-electron chi connectivity index (χ3n) is 4.77. The molecule has 0 radical (unpaired) electrons. The summed E-state index contributed by atoms with van der Waals surface area (Å²) in [5.74, 6) is 2.50. The lowest BCUT2D eigenvalue weighted by Gasteiger charge is -2.09. The van der Waals surface area contributed by atoms with E-state index in [1.54, 1.807) is 12.1 Å². The fourth-order valence-electron chi connectivity index (χ4n) is 2.86. The Hall–Kier alpha value is -2.80.